The Balaban J connectivity index is 1.67. The monoisotopic (exact) mass is 411 g/mol. The Morgan fingerprint density at radius 1 is 0.625 bits per heavy atom. The van der Waals surface area contributed by atoms with Crippen molar-refractivity contribution in [1.29, 1.82) is 5.26 Å². The number of hydrogen-bond acceptors (Lipinski definition) is 3. The van der Waals surface area contributed by atoms with Crippen LogP contribution < -0.4 is 0 Å². The fourth-order valence-electron chi connectivity index (χ4n) is 4.01. The third-order valence-electron chi connectivity index (χ3n) is 5.47. The number of nitriles is 1. The summed E-state index contributed by atoms with van der Waals surface area (Å²) in [4.78, 5) is 16.4. The van der Waals surface area contributed by atoms with E-state index in [1.807, 2.05) is 85.0 Å². The smallest absolute Gasteiger partial charge is 0.0991 e. The maximum absolute atomic E-state index is 9.33. The highest BCUT2D eigenvalue weighted by molar-refractivity contribution is 5.88. The molecular weight excluding hydrogens is 394 g/mol. The molecule has 0 aliphatic carbocycles. The zero-order valence-corrected chi connectivity index (χ0v) is 17.0. The lowest BCUT2D eigenvalue weighted by Crippen LogP contribution is -1.79. The maximum atomic E-state index is 9.33. The largest absolute Gasteiger partial charge is 0.355 e. The maximum Gasteiger partial charge on any atom is 0.0991 e. The predicted molar refractivity (Wildman–Crippen MR) is 129 cm³/mol. The molecule has 2 aliphatic heterocycles. The van der Waals surface area contributed by atoms with Crippen LogP contribution in [-0.4, -0.2) is 19.9 Å². The molecule has 0 radical (unpaired) electrons. The van der Waals surface area contributed by atoms with Crippen molar-refractivity contribution in [2.24, 2.45) is 0 Å². The van der Waals surface area contributed by atoms with Gasteiger partial charge in [0.2, 0.25) is 0 Å². The van der Waals surface area contributed by atoms with Crippen LogP contribution >= 0.6 is 0 Å². The van der Waals surface area contributed by atoms with Crippen LogP contribution in [0.15, 0.2) is 66.7 Å². The minimum absolute atomic E-state index is 0.630. The van der Waals surface area contributed by atoms with E-state index in [2.05, 4.69) is 22.1 Å². The second kappa shape index (κ2) is 7.22. The van der Waals surface area contributed by atoms with E-state index in [4.69, 9.17) is 9.97 Å². The number of nitrogens with one attached hydrogen (secondary N) is 2. The summed E-state index contributed by atoms with van der Waals surface area (Å²) in [5.41, 5.74) is 9.99. The van der Waals surface area contributed by atoms with Crippen LogP contribution in [0.3, 0.4) is 0 Å². The van der Waals surface area contributed by atoms with E-state index in [0.717, 1.165) is 56.0 Å². The van der Waals surface area contributed by atoms with E-state index in [0.29, 0.717) is 5.56 Å². The number of benzene rings is 1. The number of fused-ring (bicyclic) bond motifs is 8. The summed E-state index contributed by atoms with van der Waals surface area (Å²) in [6.45, 7) is 0. The SMILES string of the molecule is N#Cc1cccc(-c2cc3cc4nc(cc5ccc(cc6nc(cc2[nH]3)C=C6)[nH]5)C=C4)c1. The van der Waals surface area contributed by atoms with E-state index < -0.39 is 0 Å². The summed E-state index contributed by atoms with van der Waals surface area (Å²) in [5, 5.41) is 9.33. The Kier molecular flexibility index (Phi) is 4.09. The van der Waals surface area contributed by atoms with Crippen molar-refractivity contribution >= 4 is 46.4 Å². The Morgan fingerprint density at radius 2 is 1.25 bits per heavy atom. The predicted octanol–water partition coefficient (Wildman–Crippen LogP) is 6.19. The van der Waals surface area contributed by atoms with Crippen LogP contribution in [0.5, 0.6) is 0 Å². The number of hydrogen-bond donors (Lipinski definition) is 2. The lowest BCUT2D eigenvalue weighted by Gasteiger charge is -1.99. The summed E-state index contributed by atoms with van der Waals surface area (Å²) in [6.07, 6.45) is 8.02. The first kappa shape index (κ1) is 18.1. The molecule has 0 atom stereocenters. The van der Waals surface area contributed by atoms with Gasteiger partial charge in [0.1, 0.15) is 0 Å². The number of aromatic nitrogens is 4. The van der Waals surface area contributed by atoms with Gasteiger partial charge in [0.25, 0.3) is 0 Å². The molecule has 5 heterocycles. The first-order chi connectivity index (χ1) is 15.7. The molecule has 2 aliphatic rings. The van der Waals surface area contributed by atoms with Crippen molar-refractivity contribution < 1.29 is 0 Å². The van der Waals surface area contributed by atoms with Gasteiger partial charge >= 0.3 is 0 Å². The van der Waals surface area contributed by atoms with E-state index in [9.17, 15) is 5.26 Å². The average Bonchev–Trinajstić information content (AvgIpc) is 3.59. The van der Waals surface area contributed by atoms with Crippen LogP contribution in [0.25, 0.3) is 57.5 Å². The van der Waals surface area contributed by atoms with Gasteiger partial charge in [-0.2, -0.15) is 5.26 Å². The molecule has 0 saturated carbocycles. The molecular formula is C27H17N5. The average molecular weight is 411 g/mol. The summed E-state index contributed by atoms with van der Waals surface area (Å²) in [7, 11) is 0. The standard InChI is InChI=1S/C27H17N5/c28-16-17-2-1-3-18(10-17)26-14-25-13-23-7-6-21(30-23)11-19-4-5-20(29-19)12-22-8-9-24(31-22)15-27(26)32-25/h1-15,29,32H. The van der Waals surface area contributed by atoms with E-state index in [1.165, 1.54) is 0 Å². The highest BCUT2D eigenvalue weighted by atomic mass is 14.8. The molecule has 4 aromatic rings. The molecule has 150 valence electrons. The normalized spacial score (nSPS) is 12.1. The van der Waals surface area contributed by atoms with Crippen molar-refractivity contribution in [1.82, 2.24) is 19.9 Å². The first-order valence-corrected chi connectivity index (χ1v) is 10.3. The number of H-pyrrole nitrogens is 2. The molecule has 8 bridgehead atoms. The Hall–Kier alpha value is -4.69. The van der Waals surface area contributed by atoms with Gasteiger partial charge in [0, 0.05) is 27.6 Å². The highest BCUT2D eigenvalue weighted by Gasteiger charge is 2.08. The van der Waals surface area contributed by atoms with Gasteiger partial charge in [-0.3, -0.25) is 0 Å². The van der Waals surface area contributed by atoms with Crippen LogP contribution in [0.1, 0.15) is 28.3 Å². The van der Waals surface area contributed by atoms with E-state index in [1.54, 1.807) is 0 Å². The molecule has 0 spiro atoms. The van der Waals surface area contributed by atoms with Gasteiger partial charge in [0.15, 0.2) is 0 Å². The van der Waals surface area contributed by atoms with Crippen LogP contribution in [0.4, 0.5) is 0 Å². The molecule has 0 unspecified atom stereocenters. The number of aromatic amines is 2. The van der Waals surface area contributed by atoms with Crippen molar-refractivity contribution in [2.75, 3.05) is 0 Å². The van der Waals surface area contributed by atoms with Crippen LogP contribution in [-0.2, 0) is 0 Å². The first-order valence-electron chi connectivity index (χ1n) is 10.3. The molecule has 5 heteroatoms. The van der Waals surface area contributed by atoms with Gasteiger partial charge in [-0.05, 0) is 84.5 Å². The van der Waals surface area contributed by atoms with Crippen LogP contribution in [0, 0.1) is 11.3 Å². The van der Waals surface area contributed by atoms with Gasteiger partial charge < -0.3 is 9.97 Å². The fourth-order valence-corrected chi connectivity index (χ4v) is 4.01. The lowest BCUT2D eigenvalue weighted by molar-refractivity contribution is 1.31. The lowest BCUT2D eigenvalue weighted by atomic mass is 10.0. The Bertz CT molecular complexity index is 1640. The highest BCUT2D eigenvalue weighted by Crippen LogP contribution is 2.28. The summed E-state index contributed by atoms with van der Waals surface area (Å²) < 4.78 is 0. The number of rotatable bonds is 1. The van der Waals surface area contributed by atoms with E-state index in [-0.39, 0.29) is 0 Å². The molecule has 1 aromatic carbocycles. The second-order valence-electron chi connectivity index (χ2n) is 7.78. The quantitative estimate of drug-likeness (QED) is 0.338. The second-order valence-corrected chi connectivity index (χ2v) is 7.78. The van der Waals surface area contributed by atoms with Gasteiger partial charge in [-0.1, -0.05) is 12.1 Å². The molecule has 2 N–H and O–H groups in total. The molecule has 3 aromatic heterocycles. The third-order valence-corrected chi connectivity index (χ3v) is 5.47. The van der Waals surface area contributed by atoms with Crippen molar-refractivity contribution in [3.63, 3.8) is 0 Å². The minimum atomic E-state index is 0.630. The Labute approximate surface area is 184 Å². The molecule has 0 fully saturated rings. The molecule has 6 rings (SSSR count). The molecule has 0 saturated heterocycles. The fraction of sp³-hybridized carbons (Fsp3) is 0. The van der Waals surface area contributed by atoms with Gasteiger partial charge in [-0.25, -0.2) is 9.97 Å². The van der Waals surface area contributed by atoms with Gasteiger partial charge in [-0.15, -0.1) is 0 Å². The minimum Gasteiger partial charge on any atom is -0.355 e. The molecule has 32 heavy (non-hydrogen) atoms. The van der Waals surface area contributed by atoms with Crippen molar-refractivity contribution in [3.8, 4) is 17.2 Å². The zero-order valence-electron chi connectivity index (χ0n) is 17.0. The zero-order chi connectivity index (χ0) is 21.5. The summed E-state index contributed by atoms with van der Waals surface area (Å²) >= 11 is 0. The summed E-state index contributed by atoms with van der Waals surface area (Å²) in [6, 6.07) is 24.1. The molecule has 0 amide bonds. The van der Waals surface area contributed by atoms with Crippen molar-refractivity contribution in [3.05, 3.63) is 95.1 Å². The topological polar surface area (TPSA) is 81.2 Å². The summed E-state index contributed by atoms with van der Waals surface area (Å²) in [5.74, 6) is 0. The van der Waals surface area contributed by atoms with Crippen LogP contribution in [0.2, 0.25) is 0 Å². The van der Waals surface area contributed by atoms with E-state index >= 15 is 0 Å². The van der Waals surface area contributed by atoms with Gasteiger partial charge in [0.05, 0.1) is 34.4 Å². The number of nitrogens with zero attached hydrogens (tertiary/aromatic N) is 3. The molecule has 5 nitrogen and oxygen atoms in total. The Morgan fingerprint density at radius 3 is 1.91 bits per heavy atom. The van der Waals surface area contributed by atoms with Crippen molar-refractivity contribution in [2.45, 2.75) is 0 Å². The third kappa shape index (κ3) is 3.40.